The topological polar surface area (TPSA) is 79.0 Å². The number of carbonyl (C=O) groups is 1. The quantitative estimate of drug-likeness (QED) is 0.499. The first-order chi connectivity index (χ1) is 17.3. The zero-order valence-electron chi connectivity index (χ0n) is 20.4. The Bertz CT molecular complexity index is 1290. The summed E-state index contributed by atoms with van der Waals surface area (Å²) in [6.45, 7) is 2.24. The van der Waals surface area contributed by atoms with E-state index in [4.69, 9.17) is 4.74 Å². The molecule has 1 aliphatic rings. The van der Waals surface area contributed by atoms with E-state index in [0.29, 0.717) is 38.4 Å². The Morgan fingerprint density at radius 3 is 2.28 bits per heavy atom. The van der Waals surface area contributed by atoms with Gasteiger partial charge >= 0.3 is 0 Å². The lowest BCUT2D eigenvalue weighted by atomic mass is 10.0. The largest absolute Gasteiger partial charge is 0.497 e. The first-order valence-corrected chi connectivity index (χ1v) is 13.6. The van der Waals surface area contributed by atoms with Crippen LogP contribution in [0.2, 0.25) is 0 Å². The van der Waals surface area contributed by atoms with Crippen molar-refractivity contribution in [2.45, 2.75) is 17.5 Å². The maximum atomic E-state index is 13.7. The molecule has 1 fully saturated rings. The van der Waals surface area contributed by atoms with Crippen LogP contribution < -0.4 is 15.0 Å². The van der Waals surface area contributed by atoms with E-state index in [1.165, 1.54) is 12.1 Å². The summed E-state index contributed by atoms with van der Waals surface area (Å²) in [6.07, 6.45) is 1.07. The fourth-order valence-electron chi connectivity index (χ4n) is 4.35. The number of anilines is 1. The molecule has 0 aromatic heterocycles. The van der Waals surface area contributed by atoms with Crippen molar-refractivity contribution in [2.75, 3.05) is 44.4 Å². The highest BCUT2D eigenvalue weighted by Crippen LogP contribution is 2.28. The number of nitrogens with one attached hydrogen (secondary N) is 1. The van der Waals surface area contributed by atoms with E-state index >= 15 is 0 Å². The van der Waals surface area contributed by atoms with E-state index < -0.39 is 21.7 Å². The summed E-state index contributed by atoms with van der Waals surface area (Å²) in [5.74, 6) is 0.130. The molecule has 36 heavy (non-hydrogen) atoms. The number of amides is 1. The number of methoxy groups -OCH3 is 1. The van der Waals surface area contributed by atoms with Gasteiger partial charge in [-0.2, -0.15) is 0 Å². The molecule has 1 N–H and O–H groups in total. The number of ether oxygens (including phenoxy) is 1. The molecule has 0 spiro atoms. The second-order valence-corrected chi connectivity index (χ2v) is 10.8. The smallest absolute Gasteiger partial charge is 0.244 e. The molecule has 0 saturated carbocycles. The van der Waals surface area contributed by atoms with Gasteiger partial charge in [0.15, 0.2) is 9.84 Å². The van der Waals surface area contributed by atoms with Crippen LogP contribution in [0.3, 0.4) is 0 Å². The minimum Gasteiger partial charge on any atom is -0.497 e. The molecule has 0 radical (unpaired) electrons. The zero-order chi connectivity index (χ0) is 25.7. The molecule has 1 saturated heterocycles. The SMILES string of the molecule is COc1ccc(CN[C@@H](C(=O)N2CCN(c3ccc(F)cc3S(C)(=O)=O)CC2)c2ccccc2)cc1. The van der Waals surface area contributed by atoms with Gasteiger partial charge in [0.1, 0.15) is 17.6 Å². The Morgan fingerprint density at radius 1 is 1.00 bits per heavy atom. The summed E-state index contributed by atoms with van der Waals surface area (Å²) in [4.78, 5) is 17.3. The Labute approximate surface area is 211 Å². The van der Waals surface area contributed by atoms with Gasteiger partial charge in [-0.15, -0.1) is 0 Å². The molecule has 1 amide bonds. The van der Waals surface area contributed by atoms with Gasteiger partial charge in [-0.05, 0) is 41.5 Å². The van der Waals surface area contributed by atoms with Gasteiger partial charge in [0.25, 0.3) is 0 Å². The van der Waals surface area contributed by atoms with E-state index in [1.807, 2.05) is 59.5 Å². The van der Waals surface area contributed by atoms with E-state index in [-0.39, 0.29) is 10.8 Å². The van der Waals surface area contributed by atoms with Gasteiger partial charge in [0.05, 0.1) is 17.7 Å². The lowest BCUT2D eigenvalue weighted by Gasteiger charge is -2.38. The maximum Gasteiger partial charge on any atom is 0.244 e. The summed E-state index contributed by atoms with van der Waals surface area (Å²) in [6, 6.07) is 20.5. The first kappa shape index (κ1) is 25.7. The summed E-state index contributed by atoms with van der Waals surface area (Å²) >= 11 is 0. The fraction of sp³-hybridized carbons (Fsp3) is 0.296. The van der Waals surface area contributed by atoms with Crippen molar-refractivity contribution in [3.63, 3.8) is 0 Å². The molecule has 1 heterocycles. The van der Waals surface area contributed by atoms with Crippen LogP contribution in [0.15, 0.2) is 77.7 Å². The number of piperazine rings is 1. The average molecular weight is 512 g/mol. The summed E-state index contributed by atoms with van der Waals surface area (Å²) in [7, 11) is -1.98. The van der Waals surface area contributed by atoms with Crippen molar-refractivity contribution in [2.24, 2.45) is 0 Å². The van der Waals surface area contributed by atoms with Gasteiger partial charge in [-0.3, -0.25) is 10.1 Å². The van der Waals surface area contributed by atoms with Gasteiger partial charge in [-0.1, -0.05) is 42.5 Å². The molecule has 0 aliphatic carbocycles. The highest BCUT2D eigenvalue weighted by molar-refractivity contribution is 7.90. The third-order valence-corrected chi connectivity index (χ3v) is 7.43. The molecule has 7 nitrogen and oxygen atoms in total. The monoisotopic (exact) mass is 511 g/mol. The summed E-state index contributed by atoms with van der Waals surface area (Å²) in [5, 5.41) is 3.40. The lowest BCUT2D eigenvalue weighted by Crippen LogP contribution is -2.51. The number of halogens is 1. The van der Waals surface area contributed by atoms with Crippen LogP contribution >= 0.6 is 0 Å². The second-order valence-electron chi connectivity index (χ2n) is 8.77. The number of sulfone groups is 1. The van der Waals surface area contributed by atoms with Crippen LogP contribution in [0.1, 0.15) is 17.2 Å². The number of hydrogen-bond donors (Lipinski definition) is 1. The molecule has 1 atom stereocenters. The minimum absolute atomic E-state index is 0.0365. The van der Waals surface area contributed by atoms with Crippen LogP contribution in [0.5, 0.6) is 5.75 Å². The van der Waals surface area contributed by atoms with Gasteiger partial charge < -0.3 is 14.5 Å². The van der Waals surface area contributed by atoms with Crippen LogP contribution in [0.4, 0.5) is 10.1 Å². The molecule has 0 bridgehead atoms. The number of benzene rings is 3. The van der Waals surface area contributed by atoms with Crippen molar-refractivity contribution in [1.82, 2.24) is 10.2 Å². The van der Waals surface area contributed by atoms with Crippen LogP contribution in [0.25, 0.3) is 0 Å². The van der Waals surface area contributed by atoms with Crippen LogP contribution in [0, 0.1) is 5.82 Å². The number of hydrogen-bond acceptors (Lipinski definition) is 6. The number of rotatable bonds is 8. The van der Waals surface area contributed by atoms with Crippen molar-refractivity contribution < 1.29 is 22.3 Å². The van der Waals surface area contributed by atoms with Gasteiger partial charge in [0.2, 0.25) is 5.91 Å². The van der Waals surface area contributed by atoms with E-state index in [2.05, 4.69) is 5.32 Å². The van der Waals surface area contributed by atoms with Gasteiger partial charge in [-0.25, -0.2) is 12.8 Å². The Morgan fingerprint density at radius 2 is 1.67 bits per heavy atom. The summed E-state index contributed by atoms with van der Waals surface area (Å²) < 4.78 is 43.4. The summed E-state index contributed by atoms with van der Waals surface area (Å²) in [5.41, 5.74) is 2.36. The molecule has 9 heteroatoms. The third kappa shape index (κ3) is 6.03. The van der Waals surface area contributed by atoms with Crippen molar-refractivity contribution >= 4 is 21.4 Å². The van der Waals surface area contributed by atoms with E-state index in [1.54, 1.807) is 12.0 Å². The number of nitrogens with zero attached hydrogens (tertiary/aromatic N) is 2. The third-order valence-electron chi connectivity index (χ3n) is 6.30. The zero-order valence-corrected chi connectivity index (χ0v) is 21.2. The van der Waals surface area contributed by atoms with Crippen molar-refractivity contribution in [3.05, 3.63) is 89.7 Å². The van der Waals surface area contributed by atoms with Crippen molar-refractivity contribution in [1.29, 1.82) is 0 Å². The Balaban J connectivity index is 1.47. The predicted molar refractivity (Wildman–Crippen MR) is 137 cm³/mol. The molecule has 3 aromatic carbocycles. The molecule has 0 unspecified atom stereocenters. The molecule has 1 aliphatic heterocycles. The molecule has 3 aromatic rings. The molecule has 4 rings (SSSR count). The Hall–Kier alpha value is -3.43. The molecular weight excluding hydrogens is 481 g/mol. The van der Waals surface area contributed by atoms with Crippen molar-refractivity contribution in [3.8, 4) is 5.75 Å². The first-order valence-electron chi connectivity index (χ1n) is 11.7. The normalized spacial score (nSPS) is 15.0. The standard InChI is InChI=1S/C27H30FN3O4S/c1-35-23-11-8-20(9-12-23)19-29-26(21-6-4-3-5-7-21)27(32)31-16-14-30(15-17-31)24-13-10-22(28)18-25(24)36(2,33)34/h3-13,18,26,29H,14-17,19H2,1-2H3/t26-/m1/s1. The van der Waals surface area contributed by atoms with E-state index in [0.717, 1.165) is 29.2 Å². The minimum atomic E-state index is -3.60. The Kier molecular flexibility index (Phi) is 7.91. The van der Waals surface area contributed by atoms with Crippen LogP contribution in [-0.4, -0.2) is 58.8 Å². The average Bonchev–Trinajstić information content (AvgIpc) is 2.89. The van der Waals surface area contributed by atoms with E-state index in [9.17, 15) is 17.6 Å². The maximum absolute atomic E-state index is 13.7. The number of carbonyl (C=O) groups excluding carboxylic acids is 1. The van der Waals surface area contributed by atoms with Gasteiger partial charge in [0, 0.05) is 39.0 Å². The van der Waals surface area contributed by atoms with Crippen LogP contribution in [-0.2, 0) is 21.2 Å². The lowest BCUT2D eigenvalue weighted by molar-refractivity contribution is -0.134. The molecular formula is C27H30FN3O4S. The highest BCUT2D eigenvalue weighted by atomic mass is 32.2. The highest BCUT2D eigenvalue weighted by Gasteiger charge is 2.30. The predicted octanol–water partition coefficient (Wildman–Crippen LogP) is 3.42. The fourth-order valence-corrected chi connectivity index (χ4v) is 5.26. The molecule has 190 valence electrons. The second kappa shape index (κ2) is 11.1.